The highest BCUT2D eigenvalue weighted by atomic mass is 16.2. The van der Waals surface area contributed by atoms with Gasteiger partial charge in [0.1, 0.15) is 0 Å². The van der Waals surface area contributed by atoms with Crippen molar-refractivity contribution in [1.29, 1.82) is 0 Å². The molecule has 1 aliphatic carbocycles. The van der Waals surface area contributed by atoms with Gasteiger partial charge >= 0.3 is 6.03 Å². The Morgan fingerprint density at radius 3 is 2.24 bits per heavy atom. The molecule has 3 amide bonds. The number of hydrogen-bond acceptors (Lipinski definition) is 2. The van der Waals surface area contributed by atoms with Crippen LogP contribution < -0.4 is 5.32 Å². The molecule has 5 heteroatoms. The van der Waals surface area contributed by atoms with Gasteiger partial charge in [-0.3, -0.25) is 4.79 Å². The van der Waals surface area contributed by atoms with E-state index in [4.69, 9.17) is 0 Å². The maximum atomic E-state index is 11.9. The molecule has 1 saturated carbocycles. The van der Waals surface area contributed by atoms with E-state index in [2.05, 4.69) is 5.32 Å². The van der Waals surface area contributed by atoms with Gasteiger partial charge < -0.3 is 15.1 Å². The molecule has 1 N–H and O–H groups in total. The van der Waals surface area contributed by atoms with E-state index in [1.54, 1.807) is 19.0 Å². The highest BCUT2D eigenvalue weighted by molar-refractivity contribution is 5.76. The topological polar surface area (TPSA) is 52.7 Å². The second-order valence-corrected chi connectivity index (χ2v) is 6.77. The molecule has 1 aliphatic heterocycles. The number of urea groups is 1. The lowest BCUT2D eigenvalue weighted by Crippen LogP contribution is -2.45. The Morgan fingerprint density at radius 2 is 1.67 bits per heavy atom. The van der Waals surface area contributed by atoms with Crippen LogP contribution in [0.25, 0.3) is 0 Å². The van der Waals surface area contributed by atoms with E-state index < -0.39 is 0 Å². The SMILES string of the molecule is CN(C)C(=O)N1CCC(CNC(=O)CC2CCCC2)CC1. The minimum Gasteiger partial charge on any atom is -0.356 e. The van der Waals surface area contributed by atoms with Gasteiger partial charge in [-0.1, -0.05) is 12.8 Å². The molecule has 1 heterocycles. The fraction of sp³-hybridized carbons (Fsp3) is 0.875. The summed E-state index contributed by atoms with van der Waals surface area (Å²) < 4.78 is 0. The fourth-order valence-corrected chi connectivity index (χ4v) is 3.42. The molecule has 2 rings (SSSR count). The van der Waals surface area contributed by atoms with Crippen LogP contribution in [-0.2, 0) is 4.79 Å². The summed E-state index contributed by atoms with van der Waals surface area (Å²) in [5, 5.41) is 3.09. The Kier molecular flexibility index (Phi) is 5.88. The lowest BCUT2D eigenvalue weighted by molar-refractivity contribution is -0.122. The van der Waals surface area contributed by atoms with E-state index in [0.29, 0.717) is 18.3 Å². The maximum absolute atomic E-state index is 11.9. The van der Waals surface area contributed by atoms with Crippen LogP contribution in [0.5, 0.6) is 0 Å². The first-order chi connectivity index (χ1) is 10.1. The van der Waals surface area contributed by atoms with Gasteiger partial charge in [0.25, 0.3) is 0 Å². The molecule has 0 aromatic carbocycles. The summed E-state index contributed by atoms with van der Waals surface area (Å²) in [5.41, 5.74) is 0. The number of carbonyl (C=O) groups excluding carboxylic acids is 2. The summed E-state index contributed by atoms with van der Waals surface area (Å²) in [5.74, 6) is 1.35. The Morgan fingerprint density at radius 1 is 1.05 bits per heavy atom. The molecule has 0 bridgehead atoms. The lowest BCUT2D eigenvalue weighted by atomic mass is 9.96. The quantitative estimate of drug-likeness (QED) is 0.863. The zero-order valence-corrected chi connectivity index (χ0v) is 13.4. The van der Waals surface area contributed by atoms with Crippen molar-refractivity contribution in [2.75, 3.05) is 33.7 Å². The molecule has 0 aromatic rings. The van der Waals surface area contributed by atoms with Crippen LogP contribution in [0.2, 0.25) is 0 Å². The summed E-state index contributed by atoms with van der Waals surface area (Å²) in [7, 11) is 3.58. The number of amides is 3. The minimum absolute atomic E-state index is 0.0960. The molecule has 120 valence electrons. The second kappa shape index (κ2) is 7.66. The van der Waals surface area contributed by atoms with Crippen molar-refractivity contribution in [2.45, 2.75) is 44.9 Å². The molecular formula is C16H29N3O2. The van der Waals surface area contributed by atoms with Gasteiger partial charge in [0.15, 0.2) is 0 Å². The molecule has 0 radical (unpaired) electrons. The van der Waals surface area contributed by atoms with Crippen molar-refractivity contribution < 1.29 is 9.59 Å². The first-order valence-electron chi connectivity index (χ1n) is 8.29. The van der Waals surface area contributed by atoms with E-state index in [1.807, 2.05) is 4.90 Å². The van der Waals surface area contributed by atoms with Gasteiger partial charge in [-0.25, -0.2) is 4.79 Å². The van der Waals surface area contributed by atoms with Crippen LogP contribution in [0, 0.1) is 11.8 Å². The number of piperidine rings is 1. The predicted molar refractivity (Wildman–Crippen MR) is 83.0 cm³/mol. The third kappa shape index (κ3) is 4.90. The molecule has 2 aliphatic rings. The summed E-state index contributed by atoms with van der Waals surface area (Å²) >= 11 is 0. The molecule has 2 fully saturated rings. The molecule has 0 aromatic heterocycles. The number of nitrogens with one attached hydrogen (secondary N) is 1. The van der Waals surface area contributed by atoms with Crippen LogP contribution in [0.4, 0.5) is 4.79 Å². The lowest BCUT2D eigenvalue weighted by Gasteiger charge is -2.33. The van der Waals surface area contributed by atoms with Crippen LogP contribution >= 0.6 is 0 Å². The Hall–Kier alpha value is -1.26. The van der Waals surface area contributed by atoms with Gasteiger partial charge in [-0.2, -0.15) is 0 Å². The van der Waals surface area contributed by atoms with Gasteiger partial charge in [-0.05, 0) is 37.5 Å². The predicted octanol–water partition coefficient (Wildman–Crippen LogP) is 2.08. The van der Waals surface area contributed by atoms with E-state index >= 15 is 0 Å². The van der Waals surface area contributed by atoms with Crippen LogP contribution in [0.15, 0.2) is 0 Å². The van der Waals surface area contributed by atoms with Crippen molar-refractivity contribution >= 4 is 11.9 Å². The van der Waals surface area contributed by atoms with Crippen molar-refractivity contribution in [3.8, 4) is 0 Å². The number of likely N-dealkylation sites (tertiary alicyclic amines) is 1. The molecular weight excluding hydrogens is 266 g/mol. The zero-order valence-electron chi connectivity index (χ0n) is 13.4. The van der Waals surface area contributed by atoms with E-state index in [1.165, 1.54) is 25.7 Å². The smallest absolute Gasteiger partial charge is 0.319 e. The van der Waals surface area contributed by atoms with Crippen molar-refractivity contribution in [1.82, 2.24) is 15.1 Å². The summed E-state index contributed by atoms with van der Waals surface area (Å²) in [6, 6.07) is 0.0960. The second-order valence-electron chi connectivity index (χ2n) is 6.77. The van der Waals surface area contributed by atoms with Crippen LogP contribution in [-0.4, -0.2) is 55.5 Å². The number of carbonyl (C=O) groups is 2. The standard InChI is InChI=1S/C16H29N3O2/c1-18(2)16(21)19-9-7-14(8-10-19)12-17-15(20)11-13-5-3-4-6-13/h13-14H,3-12H2,1-2H3,(H,17,20). The monoisotopic (exact) mass is 295 g/mol. The molecule has 0 unspecified atom stereocenters. The number of rotatable bonds is 4. The van der Waals surface area contributed by atoms with Gasteiger partial charge in [0, 0.05) is 40.2 Å². The first-order valence-corrected chi connectivity index (χ1v) is 8.29. The molecule has 5 nitrogen and oxygen atoms in total. The van der Waals surface area contributed by atoms with Crippen molar-refractivity contribution in [3.63, 3.8) is 0 Å². The third-order valence-electron chi connectivity index (χ3n) is 4.80. The summed E-state index contributed by atoms with van der Waals surface area (Å²) in [6.45, 7) is 2.38. The fourth-order valence-electron chi connectivity index (χ4n) is 3.42. The third-order valence-corrected chi connectivity index (χ3v) is 4.80. The van der Waals surface area contributed by atoms with Crippen molar-refractivity contribution in [3.05, 3.63) is 0 Å². The van der Waals surface area contributed by atoms with Gasteiger partial charge in [-0.15, -0.1) is 0 Å². The van der Waals surface area contributed by atoms with E-state index in [9.17, 15) is 9.59 Å². The molecule has 21 heavy (non-hydrogen) atoms. The summed E-state index contributed by atoms with van der Waals surface area (Å²) in [6.07, 6.45) is 7.70. The first kappa shape index (κ1) is 16.1. The maximum Gasteiger partial charge on any atom is 0.319 e. The highest BCUT2D eigenvalue weighted by Gasteiger charge is 2.24. The largest absolute Gasteiger partial charge is 0.356 e. The van der Waals surface area contributed by atoms with Crippen LogP contribution in [0.1, 0.15) is 44.9 Å². The Bertz CT molecular complexity index is 357. The molecule has 1 saturated heterocycles. The van der Waals surface area contributed by atoms with Gasteiger partial charge in [0.05, 0.1) is 0 Å². The normalized spacial score (nSPS) is 20.6. The average Bonchev–Trinajstić information content (AvgIpc) is 2.97. The Labute approximate surface area is 128 Å². The molecule has 0 spiro atoms. The highest BCUT2D eigenvalue weighted by Crippen LogP contribution is 2.27. The number of nitrogens with zero attached hydrogens (tertiary/aromatic N) is 2. The minimum atomic E-state index is 0.0960. The number of hydrogen-bond donors (Lipinski definition) is 1. The molecule has 0 atom stereocenters. The average molecular weight is 295 g/mol. The van der Waals surface area contributed by atoms with E-state index in [0.717, 1.165) is 32.5 Å². The zero-order chi connectivity index (χ0) is 15.2. The van der Waals surface area contributed by atoms with Crippen molar-refractivity contribution in [2.24, 2.45) is 11.8 Å². The van der Waals surface area contributed by atoms with Gasteiger partial charge in [0.2, 0.25) is 5.91 Å². The van der Waals surface area contributed by atoms with Crippen LogP contribution in [0.3, 0.4) is 0 Å². The van der Waals surface area contributed by atoms with E-state index in [-0.39, 0.29) is 11.9 Å². The summed E-state index contributed by atoms with van der Waals surface area (Å²) in [4.78, 5) is 27.3. The Balaban J connectivity index is 1.62.